The average Bonchev–Trinajstić information content (AvgIpc) is 3.11. The minimum Gasteiger partial charge on any atom is -0.481 e. The molecule has 1 fully saturated rings. The summed E-state index contributed by atoms with van der Waals surface area (Å²) in [6.45, 7) is 0.409. The van der Waals surface area contributed by atoms with Crippen LogP contribution in [0.15, 0.2) is 24.3 Å². The first-order chi connectivity index (χ1) is 10.1. The van der Waals surface area contributed by atoms with Crippen LogP contribution in [0, 0.1) is 11.8 Å². The molecule has 1 amide bonds. The van der Waals surface area contributed by atoms with E-state index >= 15 is 0 Å². The third-order valence-corrected chi connectivity index (χ3v) is 4.94. The summed E-state index contributed by atoms with van der Waals surface area (Å²) in [6.07, 6.45) is 1.69. The van der Waals surface area contributed by atoms with Gasteiger partial charge in [0.1, 0.15) is 5.01 Å². The van der Waals surface area contributed by atoms with Crippen molar-refractivity contribution in [3.05, 3.63) is 29.3 Å². The number of benzene rings is 1. The molecule has 21 heavy (non-hydrogen) atoms. The number of para-hydroxylation sites is 1. The lowest BCUT2D eigenvalue weighted by Gasteiger charge is -2.09. The second kappa shape index (κ2) is 5.81. The van der Waals surface area contributed by atoms with Crippen LogP contribution in [0.4, 0.5) is 0 Å². The zero-order valence-corrected chi connectivity index (χ0v) is 12.2. The summed E-state index contributed by atoms with van der Waals surface area (Å²) in [5.41, 5.74) is 0.943. The molecule has 2 aromatic rings. The Labute approximate surface area is 126 Å². The van der Waals surface area contributed by atoms with Gasteiger partial charge >= 0.3 is 5.97 Å². The van der Waals surface area contributed by atoms with Gasteiger partial charge in [0.15, 0.2) is 0 Å². The molecule has 110 valence electrons. The van der Waals surface area contributed by atoms with Crippen LogP contribution in [0.5, 0.6) is 0 Å². The molecule has 0 radical (unpaired) electrons. The first-order valence-electron chi connectivity index (χ1n) is 6.98. The lowest BCUT2D eigenvalue weighted by Crippen LogP contribution is -2.29. The predicted molar refractivity (Wildman–Crippen MR) is 79.9 cm³/mol. The molecule has 0 aliphatic heterocycles. The normalized spacial score (nSPS) is 21.5. The molecule has 1 heterocycles. The minimum absolute atomic E-state index is 0.0574. The third kappa shape index (κ3) is 3.05. The van der Waals surface area contributed by atoms with Crippen molar-refractivity contribution >= 4 is 33.4 Å². The lowest BCUT2D eigenvalue weighted by atomic mass is 10.0. The number of fused-ring (bicyclic) bond motifs is 1. The zero-order chi connectivity index (χ0) is 14.8. The largest absolute Gasteiger partial charge is 0.481 e. The molecule has 1 aliphatic carbocycles. The van der Waals surface area contributed by atoms with Gasteiger partial charge in [-0.3, -0.25) is 9.59 Å². The molecular formula is C15H16N2O3S. The van der Waals surface area contributed by atoms with E-state index in [1.54, 1.807) is 11.3 Å². The lowest BCUT2D eigenvalue weighted by molar-refractivity contribution is -0.141. The van der Waals surface area contributed by atoms with Crippen LogP contribution in [0.25, 0.3) is 10.2 Å². The van der Waals surface area contributed by atoms with E-state index in [0.29, 0.717) is 25.8 Å². The van der Waals surface area contributed by atoms with Gasteiger partial charge in [0.2, 0.25) is 5.91 Å². The van der Waals surface area contributed by atoms with Crippen LogP contribution < -0.4 is 5.32 Å². The van der Waals surface area contributed by atoms with Gasteiger partial charge < -0.3 is 10.4 Å². The van der Waals surface area contributed by atoms with E-state index in [2.05, 4.69) is 10.3 Å². The number of hydrogen-bond donors (Lipinski definition) is 2. The van der Waals surface area contributed by atoms with Crippen molar-refractivity contribution in [2.45, 2.75) is 25.8 Å². The highest BCUT2D eigenvalue weighted by Gasteiger charge is 2.33. The average molecular weight is 304 g/mol. The zero-order valence-electron chi connectivity index (χ0n) is 11.4. The number of amides is 1. The number of rotatable bonds is 4. The molecule has 0 spiro atoms. The van der Waals surface area contributed by atoms with Gasteiger partial charge in [0.05, 0.1) is 22.7 Å². The molecule has 0 bridgehead atoms. The fraction of sp³-hybridized carbons (Fsp3) is 0.400. The van der Waals surface area contributed by atoms with Gasteiger partial charge in [-0.05, 0) is 31.4 Å². The third-order valence-electron chi connectivity index (χ3n) is 3.90. The molecule has 5 nitrogen and oxygen atoms in total. The van der Waals surface area contributed by atoms with Crippen molar-refractivity contribution in [1.29, 1.82) is 0 Å². The maximum Gasteiger partial charge on any atom is 0.306 e. The number of nitrogens with one attached hydrogen (secondary N) is 1. The van der Waals surface area contributed by atoms with Crippen molar-refractivity contribution in [2.24, 2.45) is 11.8 Å². The van der Waals surface area contributed by atoms with Crippen molar-refractivity contribution < 1.29 is 14.7 Å². The van der Waals surface area contributed by atoms with Gasteiger partial charge in [-0.15, -0.1) is 11.3 Å². The van der Waals surface area contributed by atoms with Crippen LogP contribution in [0.2, 0.25) is 0 Å². The summed E-state index contributed by atoms with van der Waals surface area (Å²) in [4.78, 5) is 27.4. The molecule has 0 unspecified atom stereocenters. The summed E-state index contributed by atoms with van der Waals surface area (Å²) >= 11 is 1.57. The van der Waals surface area contributed by atoms with E-state index in [-0.39, 0.29) is 17.7 Å². The summed E-state index contributed by atoms with van der Waals surface area (Å²) in [7, 11) is 0. The predicted octanol–water partition coefficient (Wildman–Crippen LogP) is 2.41. The van der Waals surface area contributed by atoms with Crippen LogP contribution in [0.3, 0.4) is 0 Å². The number of hydrogen-bond acceptors (Lipinski definition) is 4. The molecule has 1 aliphatic rings. The van der Waals surface area contributed by atoms with Crippen LogP contribution >= 0.6 is 11.3 Å². The Morgan fingerprint density at radius 3 is 2.76 bits per heavy atom. The maximum atomic E-state index is 12.1. The number of aliphatic carboxylic acids is 1. The Bertz CT molecular complexity index is 649. The SMILES string of the molecule is O=C(O)[C@H]1CC[C@@H](C(=O)NCc2nc3ccccc3s2)C1. The molecule has 6 heteroatoms. The van der Waals surface area contributed by atoms with E-state index in [1.165, 1.54) is 0 Å². The highest BCUT2D eigenvalue weighted by molar-refractivity contribution is 7.18. The maximum absolute atomic E-state index is 12.1. The molecule has 1 saturated carbocycles. The fourth-order valence-corrected chi connectivity index (χ4v) is 3.65. The number of carbonyl (C=O) groups excluding carboxylic acids is 1. The number of aromatic nitrogens is 1. The van der Waals surface area contributed by atoms with Crippen molar-refractivity contribution in [2.75, 3.05) is 0 Å². The van der Waals surface area contributed by atoms with Crippen molar-refractivity contribution in [3.8, 4) is 0 Å². The molecule has 3 rings (SSSR count). The minimum atomic E-state index is -0.795. The number of thiazole rings is 1. The van der Waals surface area contributed by atoms with E-state index in [9.17, 15) is 9.59 Å². The Morgan fingerprint density at radius 1 is 1.29 bits per heavy atom. The van der Waals surface area contributed by atoms with Crippen molar-refractivity contribution in [1.82, 2.24) is 10.3 Å². The van der Waals surface area contributed by atoms with Gasteiger partial charge in [-0.2, -0.15) is 0 Å². The molecule has 1 aromatic carbocycles. The van der Waals surface area contributed by atoms with Gasteiger partial charge in [-0.25, -0.2) is 4.98 Å². The quantitative estimate of drug-likeness (QED) is 0.909. The van der Waals surface area contributed by atoms with Crippen LogP contribution in [-0.2, 0) is 16.1 Å². The van der Waals surface area contributed by atoms with Gasteiger partial charge in [0, 0.05) is 5.92 Å². The Balaban J connectivity index is 1.57. The monoisotopic (exact) mass is 304 g/mol. The molecule has 1 aromatic heterocycles. The summed E-state index contributed by atoms with van der Waals surface area (Å²) in [6, 6.07) is 7.86. The number of carbonyl (C=O) groups is 2. The van der Waals surface area contributed by atoms with E-state index in [4.69, 9.17) is 5.11 Å². The first kappa shape index (κ1) is 14.0. The Hall–Kier alpha value is -1.95. The van der Waals surface area contributed by atoms with Gasteiger partial charge in [0.25, 0.3) is 0 Å². The fourth-order valence-electron chi connectivity index (χ4n) is 2.75. The summed E-state index contributed by atoms with van der Waals surface area (Å²) < 4.78 is 1.11. The highest BCUT2D eigenvalue weighted by atomic mass is 32.1. The number of nitrogens with zero attached hydrogens (tertiary/aromatic N) is 1. The second-order valence-corrected chi connectivity index (χ2v) is 6.45. The molecule has 2 N–H and O–H groups in total. The topological polar surface area (TPSA) is 79.3 Å². The first-order valence-corrected chi connectivity index (χ1v) is 7.80. The number of carboxylic acid groups (broad SMARTS) is 1. The molecule has 0 saturated heterocycles. The van der Waals surface area contributed by atoms with Gasteiger partial charge in [-0.1, -0.05) is 12.1 Å². The Kier molecular flexibility index (Phi) is 3.88. The van der Waals surface area contributed by atoms with E-state index < -0.39 is 5.97 Å². The Morgan fingerprint density at radius 2 is 2.05 bits per heavy atom. The van der Waals surface area contributed by atoms with E-state index in [0.717, 1.165) is 15.2 Å². The smallest absolute Gasteiger partial charge is 0.306 e. The standard InChI is InChI=1S/C15H16N2O3S/c18-14(9-5-6-10(7-9)15(19)20)16-8-13-17-11-3-1-2-4-12(11)21-13/h1-4,9-10H,5-8H2,(H,16,18)(H,19,20)/t9-,10+/m1/s1. The summed E-state index contributed by atoms with van der Waals surface area (Å²) in [5.74, 6) is -1.40. The highest BCUT2D eigenvalue weighted by Crippen LogP contribution is 2.31. The second-order valence-electron chi connectivity index (χ2n) is 5.34. The summed E-state index contributed by atoms with van der Waals surface area (Å²) in [5, 5.41) is 12.7. The number of carboxylic acids is 1. The van der Waals surface area contributed by atoms with E-state index in [1.807, 2.05) is 24.3 Å². The van der Waals surface area contributed by atoms with Crippen LogP contribution in [-0.4, -0.2) is 22.0 Å². The van der Waals surface area contributed by atoms with Crippen LogP contribution in [0.1, 0.15) is 24.3 Å². The molecular weight excluding hydrogens is 288 g/mol. The molecule has 2 atom stereocenters. The van der Waals surface area contributed by atoms with Crippen molar-refractivity contribution in [3.63, 3.8) is 0 Å².